The molecule has 0 atom stereocenters. The summed E-state index contributed by atoms with van der Waals surface area (Å²) in [6, 6.07) is 3.48. The zero-order valence-electron chi connectivity index (χ0n) is 14.0. The van der Waals surface area contributed by atoms with Crippen LogP contribution >= 0.6 is 34.3 Å². The van der Waals surface area contributed by atoms with Crippen LogP contribution in [0.4, 0.5) is 0 Å². The molecule has 6 nitrogen and oxygen atoms in total. The number of rotatable bonds is 0. The fraction of sp³-hybridized carbons (Fsp3) is 0.250. The van der Waals surface area contributed by atoms with Gasteiger partial charge < -0.3 is 0 Å². The van der Waals surface area contributed by atoms with Gasteiger partial charge in [-0.05, 0) is 31.4 Å². The minimum atomic E-state index is -0.0364. The Hall–Kier alpha value is -2.03. The highest BCUT2D eigenvalue weighted by molar-refractivity contribution is 7.22. The van der Waals surface area contributed by atoms with Crippen molar-refractivity contribution in [3.63, 3.8) is 0 Å². The Labute approximate surface area is 156 Å². The van der Waals surface area contributed by atoms with Crippen LogP contribution < -0.4 is 11.1 Å². The standard InChI is InChI=1S/C8H7ClN2OS.C8H8N2OS/c1-4-10-7-5(3-6(9)13-7)8(12)11(4)2;1-5-9-7-6(3-4-12-7)8(11)10(5)2/h3H,1-2H3;3-4H,1-2H3. The Morgan fingerprint density at radius 1 is 0.960 bits per heavy atom. The average molecular weight is 395 g/mol. The van der Waals surface area contributed by atoms with Gasteiger partial charge in [0.2, 0.25) is 0 Å². The number of thiophene rings is 2. The summed E-state index contributed by atoms with van der Waals surface area (Å²) in [5.41, 5.74) is 0.00407. The third-order valence-electron chi connectivity index (χ3n) is 3.89. The molecule has 25 heavy (non-hydrogen) atoms. The van der Waals surface area contributed by atoms with Gasteiger partial charge in [0.15, 0.2) is 0 Å². The molecule has 0 unspecified atom stereocenters. The van der Waals surface area contributed by atoms with Crippen LogP contribution in [-0.2, 0) is 14.1 Å². The molecule has 0 spiro atoms. The van der Waals surface area contributed by atoms with E-state index in [1.54, 1.807) is 31.7 Å². The molecule has 4 aromatic rings. The second-order valence-electron chi connectivity index (χ2n) is 5.46. The van der Waals surface area contributed by atoms with Crippen LogP contribution in [0.15, 0.2) is 27.1 Å². The summed E-state index contributed by atoms with van der Waals surface area (Å²) in [5.74, 6) is 1.46. The predicted octanol–water partition coefficient (Wildman–Crippen LogP) is 3.26. The van der Waals surface area contributed by atoms with Crippen LogP contribution in [0.3, 0.4) is 0 Å². The molecular formula is C16H15ClN4O2S2. The lowest BCUT2D eigenvalue weighted by Crippen LogP contribution is -2.19. The zero-order valence-corrected chi connectivity index (χ0v) is 16.4. The van der Waals surface area contributed by atoms with Gasteiger partial charge in [-0.15, -0.1) is 22.7 Å². The van der Waals surface area contributed by atoms with E-state index < -0.39 is 0 Å². The van der Waals surface area contributed by atoms with Crippen LogP contribution in [0.25, 0.3) is 20.4 Å². The monoisotopic (exact) mass is 394 g/mol. The first-order valence-electron chi connectivity index (χ1n) is 7.33. The van der Waals surface area contributed by atoms with Crippen molar-refractivity contribution in [1.82, 2.24) is 19.1 Å². The topological polar surface area (TPSA) is 69.8 Å². The third-order valence-corrected chi connectivity index (χ3v) is 5.86. The number of fused-ring (bicyclic) bond motifs is 2. The molecule has 0 N–H and O–H groups in total. The molecule has 4 aromatic heterocycles. The maximum Gasteiger partial charge on any atom is 0.262 e. The molecule has 0 aliphatic carbocycles. The van der Waals surface area contributed by atoms with Crippen molar-refractivity contribution in [3.05, 3.63) is 54.2 Å². The number of aromatic nitrogens is 4. The minimum absolute atomic E-state index is 0.0364. The molecule has 130 valence electrons. The average Bonchev–Trinajstić information content (AvgIpc) is 3.17. The summed E-state index contributed by atoms with van der Waals surface area (Å²) in [4.78, 5) is 33.2. The SMILES string of the molecule is Cc1nc2sc(Cl)cc2c(=O)n1C.Cc1nc2sccc2c(=O)n1C. The summed E-state index contributed by atoms with van der Waals surface area (Å²) < 4.78 is 3.69. The van der Waals surface area contributed by atoms with Crippen molar-refractivity contribution in [3.8, 4) is 0 Å². The number of hydrogen-bond acceptors (Lipinski definition) is 6. The van der Waals surface area contributed by atoms with Gasteiger partial charge in [0.25, 0.3) is 11.1 Å². The molecule has 0 saturated carbocycles. The lowest BCUT2D eigenvalue weighted by Gasteiger charge is -2.00. The zero-order chi connectivity index (χ0) is 18.3. The fourth-order valence-corrected chi connectivity index (χ4v) is 4.16. The van der Waals surface area contributed by atoms with E-state index in [0.29, 0.717) is 25.8 Å². The van der Waals surface area contributed by atoms with E-state index in [1.807, 2.05) is 18.4 Å². The Morgan fingerprint density at radius 3 is 2.16 bits per heavy atom. The second kappa shape index (κ2) is 6.70. The predicted molar refractivity (Wildman–Crippen MR) is 104 cm³/mol. The summed E-state index contributed by atoms with van der Waals surface area (Å²) >= 11 is 8.62. The van der Waals surface area contributed by atoms with E-state index in [9.17, 15) is 9.59 Å². The second-order valence-corrected chi connectivity index (χ2v) is 8.01. The molecule has 9 heteroatoms. The lowest BCUT2D eigenvalue weighted by atomic mass is 10.4. The molecule has 0 fully saturated rings. The Bertz CT molecular complexity index is 1200. The van der Waals surface area contributed by atoms with Crippen molar-refractivity contribution in [2.75, 3.05) is 0 Å². The Balaban J connectivity index is 0.000000146. The van der Waals surface area contributed by atoms with Crippen LogP contribution in [-0.4, -0.2) is 19.1 Å². The number of halogens is 1. The molecule has 0 aliphatic heterocycles. The molecule has 0 saturated heterocycles. The molecule has 0 amide bonds. The first-order valence-corrected chi connectivity index (χ1v) is 9.40. The van der Waals surface area contributed by atoms with Crippen molar-refractivity contribution < 1.29 is 0 Å². The molecule has 4 heterocycles. The van der Waals surface area contributed by atoms with Crippen molar-refractivity contribution >= 4 is 54.7 Å². The molecule has 0 aliphatic rings. The van der Waals surface area contributed by atoms with Crippen LogP contribution in [0.1, 0.15) is 11.6 Å². The Morgan fingerprint density at radius 2 is 1.52 bits per heavy atom. The Kier molecular flexibility index (Phi) is 4.77. The van der Waals surface area contributed by atoms with Gasteiger partial charge in [0, 0.05) is 14.1 Å². The van der Waals surface area contributed by atoms with Crippen molar-refractivity contribution in [2.45, 2.75) is 13.8 Å². The van der Waals surface area contributed by atoms with Gasteiger partial charge in [0.1, 0.15) is 21.3 Å². The summed E-state index contributed by atoms with van der Waals surface area (Å²) in [6.07, 6.45) is 0. The highest BCUT2D eigenvalue weighted by atomic mass is 35.5. The van der Waals surface area contributed by atoms with E-state index in [0.717, 1.165) is 10.7 Å². The first-order chi connectivity index (χ1) is 11.8. The van der Waals surface area contributed by atoms with Crippen LogP contribution in [0, 0.1) is 13.8 Å². The minimum Gasteiger partial charge on any atom is -0.299 e. The first kappa shape index (κ1) is 17.8. The molecule has 4 rings (SSSR count). The molecule has 0 aromatic carbocycles. The molecule has 0 bridgehead atoms. The maximum absolute atomic E-state index is 11.6. The van der Waals surface area contributed by atoms with Gasteiger partial charge in [-0.3, -0.25) is 18.7 Å². The summed E-state index contributed by atoms with van der Waals surface area (Å²) in [7, 11) is 3.44. The van der Waals surface area contributed by atoms with Crippen molar-refractivity contribution in [1.29, 1.82) is 0 Å². The van der Waals surface area contributed by atoms with Gasteiger partial charge in [0.05, 0.1) is 15.1 Å². The van der Waals surface area contributed by atoms with Gasteiger partial charge in [-0.1, -0.05) is 11.6 Å². The van der Waals surface area contributed by atoms with Crippen molar-refractivity contribution in [2.24, 2.45) is 14.1 Å². The number of nitrogens with zero attached hydrogens (tertiary/aromatic N) is 4. The summed E-state index contributed by atoms with van der Waals surface area (Å²) in [5, 5.41) is 3.20. The highest BCUT2D eigenvalue weighted by Gasteiger charge is 2.08. The van der Waals surface area contributed by atoms with Crippen LogP contribution in [0.2, 0.25) is 4.34 Å². The highest BCUT2D eigenvalue weighted by Crippen LogP contribution is 2.25. The fourth-order valence-electron chi connectivity index (χ4n) is 2.24. The number of hydrogen-bond donors (Lipinski definition) is 0. The normalized spacial score (nSPS) is 10.9. The van der Waals surface area contributed by atoms with E-state index in [4.69, 9.17) is 11.6 Å². The van der Waals surface area contributed by atoms with Gasteiger partial charge in [-0.2, -0.15) is 0 Å². The number of aryl methyl sites for hydroxylation is 2. The lowest BCUT2D eigenvalue weighted by molar-refractivity contribution is 0.794. The van der Waals surface area contributed by atoms with Gasteiger partial charge >= 0.3 is 0 Å². The van der Waals surface area contributed by atoms with E-state index in [2.05, 4.69) is 9.97 Å². The van der Waals surface area contributed by atoms with Gasteiger partial charge in [-0.25, -0.2) is 9.97 Å². The third kappa shape index (κ3) is 3.24. The molecular weight excluding hydrogens is 380 g/mol. The van der Waals surface area contributed by atoms with E-state index in [-0.39, 0.29) is 11.1 Å². The van der Waals surface area contributed by atoms with E-state index >= 15 is 0 Å². The smallest absolute Gasteiger partial charge is 0.262 e. The largest absolute Gasteiger partial charge is 0.299 e. The molecule has 0 radical (unpaired) electrons. The maximum atomic E-state index is 11.6. The van der Waals surface area contributed by atoms with Crippen LogP contribution in [0.5, 0.6) is 0 Å². The quantitative estimate of drug-likeness (QED) is 0.459. The summed E-state index contributed by atoms with van der Waals surface area (Å²) in [6.45, 7) is 3.63. The van der Waals surface area contributed by atoms with E-state index in [1.165, 1.54) is 27.2 Å².